The molecule has 2 aromatic rings. The molecule has 90 valence electrons. The zero-order valence-electron chi connectivity index (χ0n) is 8.62. The van der Waals surface area contributed by atoms with Gasteiger partial charge >= 0.3 is 0 Å². The zero-order valence-corrected chi connectivity index (χ0v) is 11.0. The Kier molecular flexibility index (Phi) is 3.32. The van der Waals surface area contributed by atoms with Crippen LogP contribution in [0.5, 0.6) is 10.9 Å². The number of sulfone groups is 1. The molecule has 0 radical (unpaired) electrons. The van der Waals surface area contributed by atoms with Crippen LogP contribution in [0.2, 0.25) is 5.02 Å². The number of ether oxygens (including phenoxy) is 1. The van der Waals surface area contributed by atoms with Crippen molar-refractivity contribution in [2.45, 2.75) is 5.16 Å². The molecule has 0 unspecified atom stereocenters. The molecule has 2 rings (SSSR count). The Hall–Kier alpha value is -1.18. The van der Waals surface area contributed by atoms with Gasteiger partial charge in [-0.15, -0.1) is 0 Å². The van der Waals surface area contributed by atoms with E-state index in [1.807, 2.05) is 0 Å². The van der Waals surface area contributed by atoms with Crippen LogP contribution >= 0.6 is 23.1 Å². The molecule has 5 nitrogen and oxygen atoms in total. The van der Waals surface area contributed by atoms with Crippen LogP contribution in [0.1, 0.15) is 0 Å². The predicted octanol–water partition coefficient (Wildman–Crippen LogP) is 2.39. The summed E-state index contributed by atoms with van der Waals surface area (Å²) in [5.74, 6) is 0.519. The monoisotopic (exact) mass is 290 g/mol. The first-order valence-electron chi connectivity index (χ1n) is 4.42. The maximum Gasteiger partial charge on any atom is 0.299 e. The second kappa shape index (κ2) is 4.59. The van der Waals surface area contributed by atoms with Gasteiger partial charge < -0.3 is 4.74 Å². The average molecular weight is 291 g/mol. The van der Waals surface area contributed by atoms with Gasteiger partial charge in [0.2, 0.25) is 9.84 Å². The normalized spacial score (nSPS) is 11.4. The summed E-state index contributed by atoms with van der Waals surface area (Å²) in [7, 11) is -3.39. The molecule has 0 fully saturated rings. The molecule has 0 atom stereocenters. The highest BCUT2D eigenvalue weighted by molar-refractivity contribution is 7.90. The fourth-order valence-corrected chi connectivity index (χ4v) is 2.54. The summed E-state index contributed by atoms with van der Waals surface area (Å²) in [5, 5.41) is 0.533. The first kappa shape index (κ1) is 12.3. The van der Waals surface area contributed by atoms with E-state index >= 15 is 0 Å². The largest absolute Gasteiger partial charge is 0.430 e. The molecule has 8 heteroatoms. The Labute approximate surface area is 107 Å². The minimum Gasteiger partial charge on any atom is -0.430 e. The molecule has 0 saturated heterocycles. The molecule has 0 bridgehead atoms. The number of rotatable bonds is 3. The molecular formula is C9H7ClN2O3S2. The third-order valence-electron chi connectivity index (χ3n) is 1.74. The summed E-state index contributed by atoms with van der Waals surface area (Å²) in [4.78, 5) is 3.76. The van der Waals surface area contributed by atoms with Crippen molar-refractivity contribution in [2.24, 2.45) is 0 Å². The molecule has 17 heavy (non-hydrogen) atoms. The summed E-state index contributed by atoms with van der Waals surface area (Å²) in [6.45, 7) is 0. The van der Waals surface area contributed by atoms with Crippen LogP contribution in [-0.4, -0.2) is 24.0 Å². The minimum atomic E-state index is -3.39. The standard InChI is InChI=1S/C9H7ClN2O3S2/c1-17(13,14)8-11-9(16-12-8)15-7-4-2-6(10)3-5-7/h2-5H,1H3. The summed E-state index contributed by atoms with van der Waals surface area (Å²) in [5.41, 5.74) is 0. The summed E-state index contributed by atoms with van der Waals surface area (Å²) < 4.78 is 31.3. The SMILES string of the molecule is CS(=O)(=O)c1nsc(Oc2ccc(Cl)cc2)n1. The molecule has 0 aliphatic heterocycles. The van der Waals surface area contributed by atoms with E-state index in [0.717, 1.165) is 17.8 Å². The van der Waals surface area contributed by atoms with E-state index in [9.17, 15) is 8.42 Å². The van der Waals surface area contributed by atoms with Gasteiger partial charge in [0.1, 0.15) is 5.75 Å². The van der Waals surface area contributed by atoms with Crippen molar-refractivity contribution in [1.29, 1.82) is 0 Å². The van der Waals surface area contributed by atoms with Crippen LogP contribution in [0.15, 0.2) is 29.4 Å². The van der Waals surface area contributed by atoms with E-state index in [2.05, 4.69) is 9.36 Å². The molecule has 0 amide bonds. The summed E-state index contributed by atoms with van der Waals surface area (Å²) in [6.07, 6.45) is 1.04. The Morgan fingerprint density at radius 3 is 2.47 bits per heavy atom. The highest BCUT2D eigenvalue weighted by Crippen LogP contribution is 2.25. The molecule has 0 aliphatic carbocycles. The topological polar surface area (TPSA) is 69.2 Å². The van der Waals surface area contributed by atoms with E-state index in [0.29, 0.717) is 10.8 Å². The van der Waals surface area contributed by atoms with E-state index < -0.39 is 9.84 Å². The molecular weight excluding hydrogens is 284 g/mol. The van der Waals surface area contributed by atoms with Gasteiger partial charge in [0.25, 0.3) is 10.4 Å². The molecule has 1 aromatic heterocycles. The second-order valence-corrected chi connectivity index (χ2v) is 6.23. The van der Waals surface area contributed by atoms with Crippen molar-refractivity contribution in [3.8, 4) is 10.9 Å². The highest BCUT2D eigenvalue weighted by atomic mass is 35.5. The lowest BCUT2D eigenvalue weighted by molar-refractivity contribution is 0.474. The van der Waals surface area contributed by atoms with Crippen LogP contribution in [0.25, 0.3) is 0 Å². The number of nitrogens with zero attached hydrogens (tertiary/aromatic N) is 2. The lowest BCUT2D eigenvalue weighted by atomic mass is 10.3. The minimum absolute atomic E-state index is 0.174. The number of hydrogen-bond donors (Lipinski definition) is 0. The Morgan fingerprint density at radius 1 is 1.29 bits per heavy atom. The number of benzene rings is 1. The Balaban J connectivity index is 2.20. The Morgan fingerprint density at radius 2 is 1.94 bits per heavy atom. The van der Waals surface area contributed by atoms with Gasteiger partial charge in [-0.25, -0.2) is 8.42 Å². The van der Waals surface area contributed by atoms with Gasteiger partial charge in [0.15, 0.2) is 0 Å². The molecule has 0 N–H and O–H groups in total. The number of halogens is 1. The average Bonchev–Trinajstić information content (AvgIpc) is 2.69. The van der Waals surface area contributed by atoms with Crippen molar-refractivity contribution >= 4 is 33.0 Å². The van der Waals surface area contributed by atoms with E-state index in [1.165, 1.54) is 0 Å². The number of aromatic nitrogens is 2. The van der Waals surface area contributed by atoms with Crippen molar-refractivity contribution in [1.82, 2.24) is 9.36 Å². The lowest BCUT2D eigenvalue weighted by Crippen LogP contribution is -1.99. The van der Waals surface area contributed by atoms with Gasteiger partial charge in [-0.2, -0.15) is 9.36 Å². The van der Waals surface area contributed by atoms with Crippen LogP contribution in [-0.2, 0) is 9.84 Å². The first-order valence-corrected chi connectivity index (χ1v) is 7.46. The van der Waals surface area contributed by atoms with Crippen molar-refractivity contribution in [2.75, 3.05) is 6.26 Å². The fraction of sp³-hybridized carbons (Fsp3) is 0.111. The van der Waals surface area contributed by atoms with Gasteiger partial charge in [-0.1, -0.05) is 11.6 Å². The molecule has 0 spiro atoms. The quantitative estimate of drug-likeness (QED) is 0.868. The van der Waals surface area contributed by atoms with Gasteiger partial charge in [0.05, 0.1) is 0 Å². The third-order valence-corrected chi connectivity index (χ3v) is 3.55. The predicted molar refractivity (Wildman–Crippen MR) is 64.5 cm³/mol. The van der Waals surface area contributed by atoms with Crippen LogP contribution in [0.4, 0.5) is 0 Å². The third kappa shape index (κ3) is 3.15. The smallest absolute Gasteiger partial charge is 0.299 e. The maximum absolute atomic E-state index is 11.2. The van der Waals surface area contributed by atoms with Gasteiger partial charge in [-0.05, 0) is 24.3 Å². The molecule has 0 aliphatic rings. The van der Waals surface area contributed by atoms with Gasteiger partial charge in [0, 0.05) is 22.8 Å². The molecule has 1 aromatic carbocycles. The lowest BCUT2D eigenvalue weighted by Gasteiger charge is -1.99. The maximum atomic E-state index is 11.2. The van der Waals surface area contributed by atoms with Crippen LogP contribution in [0.3, 0.4) is 0 Å². The van der Waals surface area contributed by atoms with Crippen LogP contribution < -0.4 is 4.74 Å². The molecule has 0 saturated carbocycles. The van der Waals surface area contributed by atoms with Crippen LogP contribution in [0, 0.1) is 0 Å². The van der Waals surface area contributed by atoms with Gasteiger partial charge in [-0.3, -0.25) is 0 Å². The zero-order chi connectivity index (χ0) is 12.5. The Bertz CT molecular complexity index is 622. The first-order chi connectivity index (χ1) is 7.95. The highest BCUT2D eigenvalue weighted by Gasteiger charge is 2.15. The molecule has 1 heterocycles. The second-order valence-electron chi connectivity index (χ2n) is 3.17. The fourth-order valence-electron chi connectivity index (χ4n) is 0.993. The van der Waals surface area contributed by atoms with Crippen molar-refractivity contribution in [3.63, 3.8) is 0 Å². The van der Waals surface area contributed by atoms with E-state index in [4.69, 9.17) is 16.3 Å². The number of hydrogen-bond acceptors (Lipinski definition) is 6. The summed E-state index contributed by atoms with van der Waals surface area (Å²) >= 11 is 6.60. The van der Waals surface area contributed by atoms with E-state index in [1.54, 1.807) is 24.3 Å². The summed E-state index contributed by atoms with van der Waals surface area (Å²) in [6, 6.07) is 6.64. The van der Waals surface area contributed by atoms with Crippen molar-refractivity contribution in [3.05, 3.63) is 29.3 Å². The van der Waals surface area contributed by atoms with Crippen molar-refractivity contribution < 1.29 is 13.2 Å². The van der Waals surface area contributed by atoms with E-state index in [-0.39, 0.29) is 10.4 Å².